The van der Waals surface area contributed by atoms with E-state index in [2.05, 4.69) is 36.6 Å². The van der Waals surface area contributed by atoms with Gasteiger partial charge in [-0.25, -0.2) is 5.01 Å². The SMILES string of the molecule is CCCCC[C@H](CO)[C@H]1c2ccccc2CCN1NC(=O)c1ccccc1. The van der Waals surface area contributed by atoms with Gasteiger partial charge in [-0.2, -0.15) is 0 Å². The fraction of sp³-hybridized carbons (Fsp3) is 0.435. The van der Waals surface area contributed by atoms with E-state index in [1.165, 1.54) is 17.5 Å². The van der Waals surface area contributed by atoms with Crippen LogP contribution in [0, 0.1) is 5.92 Å². The predicted molar refractivity (Wildman–Crippen MR) is 108 cm³/mol. The van der Waals surface area contributed by atoms with Crippen LogP contribution in [0.5, 0.6) is 0 Å². The van der Waals surface area contributed by atoms with Crippen molar-refractivity contribution in [1.82, 2.24) is 10.4 Å². The van der Waals surface area contributed by atoms with Gasteiger partial charge in [0.1, 0.15) is 0 Å². The second-order valence-corrected chi connectivity index (χ2v) is 7.33. The van der Waals surface area contributed by atoms with Crippen LogP contribution in [0.25, 0.3) is 0 Å². The average molecular weight is 367 g/mol. The minimum atomic E-state index is -0.0924. The number of hydrogen-bond donors (Lipinski definition) is 2. The molecule has 1 heterocycles. The summed E-state index contributed by atoms with van der Waals surface area (Å²) in [5.41, 5.74) is 6.32. The van der Waals surface area contributed by atoms with Gasteiger partial charge in [-0.3, -0.25) is 10.2 Å². The van der Waals surface area contributed by atoms with Crippen molar-refractivity contribution in [2.45, 2.75) is 45.1 Å². The van der Waals surface area contributed by atoms with Crippen molar-refractivity contribution in [2.24, 2.45) is 5.92 Å². The highest BCUT2D eigenvalue weighted by molar-refractivity contribution is 5.93. The number of hydrogen-bond acceptors (Lipinski definition) is 3. The number of aliphatic hydroxyl groups excluding tert-OH is 1. The summed E-state index contributed by atoms with van der Waals surface area (Å²) < 4.78 is 0. The molecule has 0 spiro atoms. The number of unbranched alkanes of at least 4 members (excludes halogenated alkanes) is 2. The quantitative estimate of drug-likeness (QED) is 0.691. The molecular weight excluding hydrogens is 336 g/mol. The molecule has 0 aliphatic carbocycles. The van der Waals surface area contributed by atoms with Crippen molar-refractivity contribution in [2.75, 3.05) is 13.2 Å². The Balaban J connectivity index is 1.83. The molecule has 0 aromatic heterocycles. The van der Waals surface area contributed by atoms with Gasteiger partial charge < -0.3 is 5.11 Å². The Morgan fingerprint density at radius 2 is 1.89 bits per heavy atom. The minimum Gasteiger partial charge on any atom is -0.396 e. The van der Waals surface area contributed by atoms with Gasteiger partial charge in [0.05, 0.1) is 6.04 Å². The van der Waals surface area contributed by atoms with Crippen LogP contribution in [0.3, 0.4) is 0 Å². The zero-order chi connectivity index (χ0) is 19.1. The zero-order valence-corrected chi connectivity index (χ0v) is 16.1. The molecule has 0 unspecified atom stereocenters. The number of carbonyl (C=O) groups excluding carboxylic acids is 1. The van der Waals surface area contributed by atoms with E-state index in [0.29, 0.717) is 5.56 Å². The second kappa shape index (κ2) is 9.67. The first-order valence-corrected chi connectivity index (χ1v) is 10.1. The molecule has 0 saturated heterocycles. The van der Waals surface area contributed by atoms with Crippen molar-refractivity contribution in [3.05, 3.63) is 71.3 Å². The van der Waals surface area contributed by atoms with Crippen molar-refractivity contribution in [1.29, 1.82) is 0 Å². The molecule has 0 radical (unpaired) electrons. The van der Waals surface area contributed by atoms with Crippen LogP contribution in [-0.2, 0) is 6.42 Å². The molecule has 0 bridgehead atoms. The standard InChI is InChI=1S/C23H30N2O2/c1-2-3-5-13-20(17-26)22-21-14-9-8-10-18(21)15-16-25(22)24-23(27)19-11-6-4-7-12-19/h4,6-12,14,20,22,26H,2-3,5,13,15-17H2,1H3,(H,24,27)/t20-,22+/m1/s1. The number of carbonyl (C=O) groups is 1. The predicted octanol–water partition coefficient (Wildman–Crippen LogP) is 4.12. The molecule has 144 valence electrons. The van der Waals surface area contributed by atoms with Gasteiger partial charge in [0.25, 0.3) is 5.91 Å². The Kier molecular flexibility index (Phi) is 7.02. The maximum Gasteiger partial charge on any atom is 0.265 e. The van der Waals surface area contributed by atoms with Gasteiger partial charge in [0, 0.05) is 24.6 Å². The second-order valence-electron chi connectivity index (χ2n) is 7.33. The van der Waals surface area contributed by atoms with Crippen molar-refractivity contribution in [3.8, 4) is 0 Å². The van der Waals surface area contributed by atoms with Gasteiger partial charge in [-0.1, -0.05) is 68.7 Å². The molecular formula is C23H30N2O2. The molecule has 2 N–H and O–H groups in total. The van der Waals surface area contributed by atoms with Crippen LogP contribution in [0.1, 0.15) is 60.1 Å². The Morgan fingerprint density at radius 3 is 2.63 bits per heavy atom. The lowest BCUT2D eigenvalue weighted by Gasteiger charge is -2.41. The van der Waals surface area contributed by atoms with Crippen LogP contribution >= 0.6 is 0 Å². The fourth-order valence-corrected chi connectivity index (χ4v) is 4.02. The van der Waals surface area contributed by atoms with E-state index in [0.717, 1.165) is 32.2 Å². The summed E-state index contributed by atoms with van der Waals surface area (Å²) in [6.45, 7) is 3.07. The van der Waals surface area contributed by atoms with E-state index in [4.69, 9.17) is 0 Å². The number of nitrogens with one attached hydrogen (secondary N) is 1. The monoisotopic (exact) mass is 366 g/mol. The first kappa shape index (κ1) is 19.6. The van der Waals surface area contributed by atoms with E-state index in [1.807, 2.05) is 35.3 Å². The third-order valence-corrected chi connectivity index (χ3v) is 5.47. The van der Waals surface area contributed by atoms with Gasteiger partial charge in [-0.05, 0) is 36.1 Å². The number of benzene rings is 2. The van der Waals surface area contributed by atoms with Crippen LogP contribution in [-0.4, -0.2) is 29.2 Å². The number of nitrogens with zero attached hydrogens (tertiary/aromatic N) is 1. The zero-order valence-electron chi connectivity index (χ0n) is 16.1. The maximum absolute atomic E-state index is 12.7. The highest BCUT2D eigenvalue weighted by Crippen LogP contribution is 2.36. The third-order valence-electron chi connectivity index (χ3n) is 5.47. The molecule has 27 heavy (non-hydrogen) atoms. The number of aliphatic hydroxyl groups is 1. The minimum absolute atomic E-state index is 0.00414. The van der Waals surface area contributed by atoms with Crippen molar-refractivity contribution >= 4 is 5.91 Å². The van der Waals surface area contributed by atoms with Crippen LogP contribution < -0.4 is 5.43 Å². The average Bonchev–Trinajstić information content (AvgIpc) is 2.72. The van der Waals surface area contributed by atoms with Crippen LogP contribution in [0.15, 0.2) is 54.6 Å². The number of fused-ring (bicyclic) bond motifs is 1. The number of hydrazine groups is 1. The first-order chi connectivity index (χ1) is 13.2. The molecule has 0 saturated carbocycles. The number of amides is 1. The van der Waals surface area contributed by atoms with E-state index >= 15 is 0 Å². The Morgan fingerprint density at radius 1 is 1.15 bits per heavy atom. The molecule has 1 amide bonds. The normalized spacial score (nSPS) is 17.9. The summed E-state index contributed by atoms with van der Waals surface area (Å²) in [7, 11) is 0. The van der Waals surface area contributed by atoms with Crippen LogP contribution in [0.4, 0.5) is 0 Å². The summed E-state index contributed by atoms with van der Waals surface area (Å²) >= 11 is 0. The topological polar surface area (TPSA) is 52.6 Å². The Hall–Kier alpha value is -2.17. The lowest BCUT2D eigenvalue weighted by Crippen LogP contribution is -2.50. The van der Waals surface area contributed by atoms with Gasteiger partial charge in [-0.15, -0.1) is 0 Å². The van der Waals surface area contributed by atoms with E-state index < -0.39 is 0 Å². The lowest BCUT2D eigenvalue weighted by atomic mass is 9.83. The largest absolute Gasteiger partial charge is 0.396 e. The highest BCUT2D eigenvalue weighted by Gasteiger charge is 2.34. The molecule has 2 atom stereocenters. The molecule has 0 fully saturated rings. The summed E-state index contributed by atoms with van der Waals surface area (Å²) in [5, 5.41) is 12.2. The maximum atomic E-state index is 12.7. The Bertz CT molecular complexity index is 732. The molecule has 1 aliphatic rings. The molecule has 4 nitrogen and oxygen atoms in total. The molecule has 3 rings (SSSR count). The van der Waals surface area contributed by atoms with E-state index in [-0.39, 0.29) is 24.5 Å². The van der Waals surface area contributed by atoms with E-state index in [1.54, 1.807) is 0 Å². The van der Waals surface area contributed by atoms with Gasteiger partial charge in [0.15, 0.2) is 0 Å². The smallest absolute Gasteiger partial charge is 0.265 e. The Labute approximate surface area is 162 Å². The van der Waals surface area contributed by atoms with E-state index in [9.17, 15) is 9.90 Å². The molecule has 2 aromatic carbocycles. The van der Waals surface area contributed by atoms with Gasteiger partial charge >= 0.3 is 0 Å². The summed E-state index contributed by atoms with van der Waals surface area (Å²) in [6.07, 6.45) is 5.28. The number of rotatable bonds is 8. The van der Waals surface area contributed by atoms with Crippen molar-refractivity contribution in [3.63, 3.8) is 0 Å². The highest BCUT2D eigenvalue weighted by atomic mass is 16.3. The molecule has 1 aliphatic heterocycles. The first-order valence-electron chi connectivity index (χ1n) is 10.1. The summed E-state index contributed by atoms with van der Waals surface area (Å²) in [5.74, 6) is 0.0132. The summed E-state index contributed by atoms with van der Waals surface area (Å²) in [6, 6.07) is 17.7. The lowest BCUT2D eigenvalue weighted by molar-refractivity contribution is 0.0349. The van der Waals surface area contributed by atoms with Crippen molar-refractivity contribution < 1.29 is 9.90 Å². The van der Waals surface area contributed by atoms with Crippen LogP contribution in [0.2, 0.25) is 0 Å². The molecule has 4 heteroatoms. The van der Waals surface area contributed by atoms with Gasteiger partial charge in [0.2, 0.25) is 0 Å². The third kappa shape index (κ3) is 4.76. The fourth-order valence-electron chi connectivity index (χ4n) is 4.02. The summed E-state index contributed by atoms with van der Waals surface area (Å²) in [4.78, 5) is 12.7. The molecule has 2 aromatic rings.